The molecule has 3 aromatic rings. The number of sulfonamides is 1. The molecular weight excluding hydrogens is 362 g/mol. The number of anilines is 3. The van der Waals surface area contributed by atoms with Crippen molar-refractivity contribution in [3.8, 4) is 5.75 Å². The van der Waals surface area contributed by atoms with Crippen molar-refractivity contribution in [1.82, 2.24) is 4.98 Å². The van der Waals surface area contributed by atoms with Gasteiger partial charge in [0.1, 0.15) is 11.6 Å². The molecule has 0 atom stereocenters. The molecule has 0 fully saturated rings. The second kappa shape index (κ2) is 8.09. The SMILES string of the molecule is CCc1ccc(S(=O)(=O)Nc2ccc(Nc3cccc(OC)c3)nc2)cc1. The summed E-state index contributed by atoms with van der Waals surface area (Å²) < 4.78 is 32.7. The molecule has 27 heavy (non-hydrogen) atoms. The second-order valence-electron chi connectivity index (χ2n) is 5.89. The van der Waals surface area contributed by atoms with Crippen LogP contribution in [0.15, 0.2) is 71.8 Å². The van der Waals surface area contributed by atoms with E-state index in [4.69, 9.17) is 4.74 Å². The Labute approximate surface area is 159 Å². The van der Waals surface area contributed by atoms with Crippen LogP contribution in [0.5, 0.6) is 5.75 Å². The van der Waals surface area contributed by atoms with Crippen molar-refractivity contribution in [2.75, 3.05) is 17.1 Å². The van der Waals surface area contributed by atoms with Gasteiger partial charge in [0, 0.05) is 11.8 Å². The Morgan fingerprint density at radius 1 is 1.00 bits per heavy atom. The quantitative estimate of drug-likeness (QED) is 0.639. The summed E-state index contributed by atoms with van der Waals surface area (Å²) in [4.78, 5) is 4.48. The largest absolute Gasteiger partial charge is 0.497 e. The fourth-order valence-electron chi connectivity index (χ4n) is 2.50. The molecule has 0 spiro atoms. The van der Waals surface area contributed by atoms with Crippen LogP contribution >= 0.6 is 0 Å². The molecule has 2 N–H and O–H groups in total. The smallest absolute Gasteiger partial charge is 0.261 e. The summed E-state index contributed by atoms with van der Waals surface area (Å²) in [6.07, 6.45) is 2.33. The highest BCUT2D eigenvalue weighted by atomic mass is 32.2. The lowest BCUT2D eigenvalue weighted by Crippen LogP contribution is -2.13. The van der Waals surface area contributed by atoms with Gasteiger partial charge in [0.2, 0.25) is 0 Å². The molecule has 0 radical (unpaired) electrons. The van der Waals surface area contributed by atoms with Crippen LogP contribution in [0.3, 0.4) is 0 Å². The first-order chi connectivity index (χ1) is 13.0. The maximum Gasteiger partial charge on any atom is 0.261 e. The molecular formula is C20H21N3O3S. The summed E-state index contributed by atoms with van der Waals surface area (Å²) in [6.45, 7) is 2.02. The normalized spacial score (nSPS) is 11.0. The van der Waals surface area contributed by atoms with E-state index in [1.54, 1.807) is 31.4 Å². The molecule has 1 aromatic heterocycles. The molecule has 0 saturated heterocycles. The third kappa shape index (κ3) is 4.77. The van der Waals surface area contributed by atoms with Gasteiger partial charge in [-0.3, -0.25) is 4.72 Å². The predicted octanol–water partition coefficient (Wildman–Crippen LogP) is 4.20. The molecule has 0 aliphatic rings. The minimum Gasteiger partial charge on any atom is -0.497 e. The van der Waals surface area contributed by atoms with E-state index in [-0.39, 0.29) is 4.90 Å². The van der Waals surface area contributed by atoms with Gasteiger partial charge in [-0.2, -0.15) is 0 Å². The number of methoxy groups -OCH3 is 1. The number of rotatable bonds is 7. The topological polar surface area (TPSA) is 80.3 Å². The van der Waals surface area contributed by atoms with Crippen molar-refractivity contribution < 1.29 is 13.2 Å². The van der Waals surface area contributed by atoms with Gasteiger partial charge in [-0.05, 0) is 48.4 Å². The zero-order chi connectivity index (χ0) is 19.3. The van der Waals surface area contributed by atoms with Gasteiger partial charge in [0.25, 0.3) is 10.0 Å². The first kappa shape index (κ1) is 18.7. The highest BCUT2D eigenvalue weighted by Crippen LogP contribution is 2.22. The molecule has 0 aliphatic carbocycles. The molecule has 0 bridgehead atoms. The Morgan fingerprint density at radius 3 is 2.41 bits per heavy atom. The van der Waals surface area contributed by atoms with E-state index >= 15 is 0 Å². The highest BCUT2D eigenvalue weighted by molar-refractivity contribution is 7.92. The number of nitrogens with one attached hydrogen (secondary N) is 2. The highest BCUT2D eigenvalue weighted by Gasteiger charge is 2.14. The van der Waals surface area contributed by atoms with Gasteiger partial charge in [0.15, 0.2) is 0 Å². The molecule has 6 nitrogen and oxygen atoms in total. The van der Waals surface area contributed by atoms with Crippen LogP contribution in [0, 0.1) is 0 Å². The van der Waals surface area contributed by atoms with Gasteiger partial charge in [-0.15, -0.1) is 0 Å². The van der Waals surface area contributed by atoms with Crippen LogP contribution in [0.25, 0.3) is 0 Å². The van der Waals surface area contributed by atoms with Crippen molar-refractivity contribution in [3.63, 3.8) is 0 Å². The van der Waals surface area contributed by atoms with Crippen molar-refractivity contribution >= 4 is 27.2 Å². The molecule has 0 saturated carbocycles. The Balaban J connectivity index is 1.70. The third-order valence-corrected chi connectivity index (χ3v) is 5.40. The van der Waals surface area contributed by atoms with Crippen LogP contribution < -0.4 is 14.8 Å². The maximum absolute atomic E-state index is 12.5. The van der Waals surface area contributed by atoms with Gasteiger partial charge in [-0.1, -0.05) is 25.1 Å². The van der Waals surface area contributed by atoms with Crippen LogP contribution in [-0.2, 0) is 16.4 Å². The average Bonchev–Trinajstić information content (AvgIpc) is 2.69. The summed E-state index contributed by atoms with van der Waals surface area (Å²) in [6, 6.07) is 17.7. The van der Waals surface area contributed by atoms with E-state index in [9.17, 15) is 8.42 Å². The van der Waals surface area contributed by atoms with E-state index < -0.39 is 10.0 Å². The summed E-state index contributed by atoms with van der Waals surface area (Å²) in [5.41, 5.74) is 2.31. The van der Waals surface area contributed by atoms with Crippen LogP contribution in [0.2, 0.25) is 0 Å². The lowest BCUT2D eigenvalue weighted by atomic mass is 10.2. The fourth-order valence-corrected chi connectivity index (χ4v) is 3.54. The molecule has 0 amide bonds. The number of aryl methyl sites for hydroxylation is 1. The van der Waals surface area contributed by atoms with Gasteiger partial charge in [-0.25, -0.2) is 13.4 Å². The van der Waals surface area contributed by atoms with E-state index in [1.165, 1.54) is 6.20 Å². The predicted molar refractivity (Wildman–Crippen MR) is 107 cm³/mol. The molecule has 3 rings (SSSR count). The third-order valence-electron chi connectivity index (χ3n) is 4.00. The maximum atomic E-state index is 12.5. The monoisotopic (exact) mass is 383 g/mol. The molecule has 2 aromatic carbocycles. The first-order valence-electron chi connectivity index (χ1n) is 8.49. The Morgan fingerprint density at radius 2 is 1.78 bits per heavy atom. The van der Waals surface area contributed by atoms with Crippen molar-refractivity contribution in [2.24, 2.45) is 0 Å². The molecule has 1 heterocycles. The second-order valence-corrected chi connectivity index (χ2v) is 7.57. The number of ether oxygens (including phenoxy) is 1. The lowest BCUT2D eigenvalue weighted by molar-refractivity contribution is 0.415. The number of benzene rings is 2. The van der Waals surface area contributed by atoms with Crippen molar-refractivity contribution in [3.05, 3.63) is 72.4 Å². The number of aromatic nitrogens is 1. The van der Waals surface area contributed by atoms with Crippen LogP contribution in [0.1, 0.15) is 12.5 Å². The Hall–Kier alpha value is -3.06. The van der Waals surface area contributed by atoms with Crippen LogP contribution in [0.4, 0.5) is 17.2 Å². The van der Waals surface area contributed by atoms with Crippen molar-refractivity contribution in [2.45, 2.75) is 18.2 Å². The zero-order valence-electron chi connectivity index (χ0n) is 15.1. The number of hydrogen-bond acceptors (Lipinski definition) is 5. The molecule has 0 unspecified atom stereocenters. The van der Waals surface area contributed by atoms with Gasteiger partial charge >= 0.3 is 0 Å². The van der Waals surface area contributed by atoms with Crippen LogP contribution in [-0.4, -0.2) is 20.5 Å². The summed E-state index contributed by atoms with van der Waals surface area (Å²) >= 11 is 0. The molecule has 7 heteroatoms. The fraction of sp³-hybridized carbons (Fsp3) is 0.150. The van der Waals surface area contributed by atoms with Gasteiger partial charge < -0.3 is 10.1 Å². The Bertz CT molecular complexity index is 1000. The van der Waals surface area contributed by atoms with E-state index in [1.807, 2.05) is 43.3 Å². The van der Waals surface area contributed by atoms with E-state index in [2.05, 4.69) is 15.0 Å². The number of hydrogen-bond donors (Lipinski definition) is 2. The first-order valence-corrected chi connectivity index (χ1v) is 9.97. The van der Waals surface area contributed by atoms with Crippen molar-refractivity contribution in [1.29, 1.82) is 0 Å². The van der Waals surface area contributed by atoms with Gasteiger partial charge in [0.05, 0.1) is 23.9 Å². The molecule has 140 valence electrons. The number of nitrogens with zero attached hydrogens (tertiary/aromatic N) is 1. The minimum atomic E-state index is -3.65. The summed E-state index contributed by atoms with van der Waals surface area (Å²) in [5.74, 6) is 1.33. The lowest BCUT2D eigenvalue weighted by Gasteiger charge is -2.10. The Kier molecular flexibility index (Phi) is 5.61. The summed E-state index contributed by atoms with van der Waals surface area (Å²) in [5, 5.41) is 3.14. The number of pyridine rings is 1. The summed E-state index contributed by atoms with van der Waals surface area (Å²) in [7, 11) is -2.04. The zero-order valence-corrected chi connectivity index (χ0v) is 16.0. The average molecular weight is 383 g/mol. The standard InChI is InChI=1S/C20H21N3O3S/c1-3-15-7-10-19(11-8-15)27(24,25)23-17-9-12-20(21-14-17)22-16-5-4-6-18(13-16)26-2/h4-14,23H,3H2,1-2H3,(H,21,22). The minimum absolute atomic E-state index is 0.221. The van der Waals surface area contributed by atoms with E-state index in [0.29, 0.717) is 11.5 Å². The van der Waals surface area contributed by atoms with E-state index in [0.717, 1.165) is 23.4 Å². The molecule has 0 aliphatic heterocycles.